The quantitative estimate of drug-likeness (QED) is 0.814. The van der Waals surface area contributed by atoms with Crippen LogP contribution in [0.3, 0.4) is 0 Å². The van der Waals surface area contributed by atoms with Gasteiger partial charge in [0.2, 0.25) is 0 Å². The smallest absolute Gasteiger partial charge is 0.258 e. The van der Waals surface area contributed by atoms with Crippen molar-refractivity contribution in [3.8, 4) is 0 Å². The fourth-order valence-electron chi connectivity index (χ4n) is 2.00. The number of amides is 1. The molecular weight excluding hydrogens is 234 g/mol. The number of benzene rings is 2. The van der Waals surface area contributed by atoms with E-state index in [2.05, 4.69) is 6.92 Å². The monoisotopic (exact) mass is 253 g/mol. The van der Waals surface area contributed by atoms with Gasteiger partial charge in [-0.15, -0.1) is 0 Å². The maximum absolute atomic E-state index is 12.4. The summed E-state index contributed by atoms with van der Waals surface area (Å²) < 4.78 is 0. The summed E-state index contributed by atoms with van der Waals surface area (Å²) in [4.78, 5) is 14.1. The van der Waals surface area contributed by atoms with Crippen LogP contribution in [0.4, 0.5) is 5.69 Å². The molecule has 0 aromatic heterocycles. The topological polar surface area (TPSA) is 20.3 Å². The van der Waals surface area contributed by atoms with E-state index in [0.717, 1.165) is 17.7 Å². The Morgan fingerprint density at radius 1 is 1.11 bits per heavy atom. The molecule has 98 valence electrons. The summed E-state index contributed by atoms with van der Waals surface area (Å²) in [6.45, 7) is 4.13. The Morgan fingerprint density at radius 2 is 1.79 bits per heavy atom. The van der Waals surface area contributed by atoms with E-state index >= 15 is 0 Å². The van der Waals surface area contributed by atoms with E-state index in [9.17, 15) is 4.79 Å². The molecule has 2 heteroatoms. The van der Waals surface area contributed by atoms with Crippen LogP contribution in [-0.2, 0) is 6.42 Å². The Labute approximate surface area is 114 Å². The normalized spacial score (nSPS) is 10.3. The first-order valence-corrected chi connectivity index (χ1v) is 6.55. The summed E-state index contributed by atoms with van der Waals surface area (Å²) in [7, 11) is 1.81. The van der Waals surface area contributed by atoms with Crippen LogP contribution >= 0.6 is 0 Å². The van der Waals surface area contributed by atoms with E-state index in [0.29, 0.717) is 0 Å². The fraction of sp³-hybridized carbons (Fsp3) is 0.235. The van der Waals surface area contributed by atoms with Crippen molar-refractivity contribution in [3.63, 3.8) is 0 Å². The molecule has 0 saturated heterocycles. The molecule has 0 saturated carbocycles. The van der Waals surface area contributed by atoms with Crippen LogP contribution in [0, 0.1) is 6.92 Å². The standard InChI is InChI=1S/C17H19NO/c1-4-14-6-5-7-15(12-14)17(19)18(3)16-10-8-13(2)9-11-16/h5-12H,4H2,1-3H3. The highest BCUT2D eigenvalue weighted by molar-refractivity contribution is 6.05. The molecule has 2 aromatic rings. The molecule has 1 amide bonds. The zero-order valence-corrected chi connectivity index (χ0v) is 11.7. The van der Waals surface area contributed by atoms with Gasteiger partial charge in [-0.05, 0) is 43.2 Å². The molecule has 0 atom stereocenters. The van der Waals surface area contributed by atoms with Gasteiger partial charge in [0.05, 0.1) is 0 Å². The lowest BCUT2D eigenvalue weighted by molar-refractivity contribution is 0.0993. The van der Waals surface area contributed by atoms with Gasteiger partial charge < -0.3 is 4.90 Å². The Hall–Kier alpha value is -2.09. The first-order valence-electron chi connectivity index (χ1n) is 6.55. The van der Waals surface area contributed by atoms with E-state index in [1.807, 2.05) is 62.5 Å². The molecule has 0 heterocycles. The lowest BCUT2D eigenvalue weighted by Crippen LogP contribution is -2.26. The highest BCUT2D eigenvalue weighted by atomic mass is 16.2. The molecule has 0 spiro atoms. The first kappa shape index (κ1) is 13.3. The zero-order chi connectivity index (χ0) is 13.8. The fourth-order valence-corrected chi connectivity index (χ4v) is 2.00. The number of rotatable bonds is 3. The van der Waals surface area contributed by atoms with Crippen molar-refractivity contribution in [3.05, 3.63) is 65.2 Å². The van der Waals surface area contributed by atoms with Gasteiger partial charge in [-0.3, -0.25) is 4.79 Å². The summed E-state index contributed by atoms with van der Waals surface area (Å²) >= 11 is 0. The number of aryl methyl sites for hydroxylation is 2. The van der Waals surface area contributed by atoms with Crippen LogP contribution in [0.15, 0.2) is 48.5 Å². The molecule has 0 aliphatic carbocycles. The molecule has 2 aromatic carbocycles. The van der Waals surface area contributed by atoms with Gasteiger partial charge in [-0.25, -0.2) is 0 Å². The van der Waals surface area contributed by atoms with Crippen LogP contribution in [0.2, 0.25) is 0 Å². The summed E-state index contributed by atoms with van der Waals surface area (Å²) in [6.07, 6.45) is 0.940. The van der Waals surface area contributed by atoms with Crippen LogP contribution in [-0.4, -0.2) is 13.0 Å². The first-order chi connectivity index (χ1) is 9.11. The van der Waals surface area contributed by atoms with Crippen LogP contribution in [0.1, 0.15) is 28.4 Å². The lowest BCUT2D eigenvalue weighted by Gasteiger charge is -2.18. The predicted molar refractivity (Wildman–Crippen MR) is 79.7 cm³/mol. The molecule has 2 rings (SSSR count). The zero-order valence-electron chi connectivity index (χ0n) is 11.7. The SMILES string of the molecule is CCc1cccc(C(=O)N(C)c2ccc(C)cc2)c1. The third-order valence-corrected chi connectivity index (χ3v) is 3.31. The van der Waals surface area contributed by atoms with Gasteiger partial charge in [-0.1, -0.05) is 36.8 Å². The van der Waals surface area contributed by atoms with Gasteiger partial charge >= 0.3 is 0 Å². The van der Waals surface area contributed by atoms with Crippen LogP contribution < -0.4 is 4.90 Å². The van der Waals surface area contributed by atoms with Crippen molar-refractivity contribution in [2.45, 2.75) is 20.3 Å². The Bertz CT molecular complexity index is 572. The van der Waals surface area contributed by atoms with Gasteiger partial charge in [-0.2, -0.15) is 0 Å². The summed E-state index contributed by atoms with van der Waals surface area (Å²) in [5, 5.41) is 0. The average molecular weight is 253 g/mol. The highest BCUT2D eigenvalue weighted by Gasteiger charge is 2.13. The van der Waals surface area contributed by atoms with E-state index < -0.39 is 0 Å². The van der Waals surface area contributed by atoms with Gasteiger partial charge in [0, 0.05) is 18.3 Å². The van der Waals surface area contributed by atoms with E-state index in [4.69, 9.17) is 0 Å². The second kappa shape index (κ2) is 5.70. The third-order valence-electron chi connectivity index (χ3n) is 3.31. The van der Waals surface area contributed by atoms with Crippen molar-refractivity contribution in [2.24, 2.45) is 0 Å². The van der Waals surface area contributed by atoms with Crippen molar-refractivity contribution in [2.75, 3.05) is 11.9 Å². The predicted octanol–water partition coefficient (Wildman–Crippen LogP) is 3.83. The molecule has 2 nitrogen and oxygen atoms in total. The summed E-state index contributed by atoms with van der Waals surface area (Å²) in [6, 6.07) is 15.8. The molecule has 0 aliphatic heterocycles. The minimum absolute atomic E-state index is 0.0270. The molecule has 0 unspecified atom stereocenters. The number of carbonyl (C=O) groups is 1. The van der Waals surface area contributed by atoms with Gasteiger partial charge in [0.15, 0.2) is 0 Å². The van der Waals surface area contributed by atoms with Crippen LogP contribution in [0.5, 0.6) is 0 Å². The number of hydrogen-bond donors (Lipinski definition) is 0. The van der Waals surface area contributed by atoms with E-state index in [-0.39, 0.29) is 5.91 Å². The molecule has 0 N–H and O–H groups in total. The maximum atomic E-state index is 12.4. The second-order valence-electron chi connectivity index (χ2n) is 4.75. The minimum Gasteiger partial charge on any atom is -0.311 e. The van der Waals surface area contributed by atoms with Crippen molar-refractivity contribution < 1.29 is 4.79 Å². The molecule has 0 fully saturated rings. The third kappa shape index (κ3) is 3.02. The number of anilines is 1. The second-order valence-corrected chi connectivity index (χ2v) is 4.75. The molecule has 0 radical (unpaired) electrons. The minimum atomic E-state index is 0.0270. The molecule has 19 heavy (non-hydrogen) atoms. The number of carbonyl (C=O) groups excluding carboxylic acids is 1. The summed E-state index contributed by atoms with van der Waals surface area (Å²) in [5.74, 6) is 0.0270. The van der Waals surface area contributed by atoms with Crippen LogP contribution in [0.25, 0.3) is 0 Å². The Balaban J connectivity index is 2.25. The van der Waals surface area contributed by atoms with E-state index in [1.165, 1.54) is 11.1 Å². The largest absolute Gasteiger partial charge is 0.311 e. The van der Waals surface area contributed by atoms with Crippen molar-refractivity contribution in [1.29, 1.82) is 0 Å². The molecular formula is C17H19NO. The van der Waals surface area contributed by atoms with Gasteiger partial charge in [0.1, 0.15) is 0 Å². The summed E-state index contributed by atoms with van der Waals surface area (Å²) in [5.41, 5.74) is 4.03. The highest BCUT2D eigenvalue weighted by Crippen LogP contribution is 2.17. The molecule has 0 aliphatic rings. The number of hydrogen-bond acceptors (Lipinski definition) is 1. The van der Waals surface area contributed by atoms with Gasteiger partial charge in [0.25, 0.3) is 5.91 Å². The maximum Gasteiger partial charge on any atom is 0.258 e. The van der Waals surface area contributed by atoms with Crippen molar-refractivity contribution >= 4 is 11.6 Å². The van der Waals surface area contributed by atoms with E-state index in [1.54, 1.807) is 4.90 Å². The molecule has 0 bridgehead atoms. The van der Waals surface area contributed by atoms with Crippen molar-refractivity contribution in [1.82, 2.24) is 0 Å². The Kier molecular flexibility index (Phi) is 4.00. The average Bonchev–Trinajstić information content (AvgIpc) is 2.46. The number of nitrogens with zero attached hydrogens (tertiary/aromatic N) is 1. The Morgan fingerprint density at radius 3 is 2.42 bits per heavy atom. The lowest BCUT2D eigenvalue weighted by atomic mass is 10.1.